The average Bonchev–Trinajstić information content (AvgIpc) is 2.51. The van der Waals surface area contributed by atoms with Crippen molar-refractivity contribution in [1.82, 2.24) is 5.32 Å². The zero-order valence-corrected chi connectivity index (χ0v) is 12.9. The first-order valence-electron chi connectivity index (χ1n) is 7.52. The SMILES string of the molecule is COCCNCc1ccc(N2CC(C)OC(CO)C2)cc1. The molecule has 118 valence electrons. The number of morpholine rings is 1. The smallest absolute Gasteiger partial charge is 0.0984 e. The first-order chi connectivity index (χ1) is 10.2. The maximum atomic E-state index is 9.29. The van der Waals surface area contributed by atoms with Gasteiger partial charge in [-0.3, -0.25) is 0 Å². The molecule has 1 fully saturated rings. The second kappa shape index (κ2) is 8.34. The number of nitrogens with one attached hydrogen (secondary N) is 1. The van der Waals surface area contributed by atoms with E-state index >= 15 is 0 Å². The molecule has 0 bridgehead atoms. The predicted octanol–water partition coefficient (Wildman–Crippen LogP) is 1.01. The van der Waals surface area contributed by atoms with Crippen molar-refractivity contribution < 1.29 is 14.6 Å². The van der Waals surface area contributed by atoms with Gasteiger partial charge in [-0.1, -0.05) is 12.1 Å². The Morgan fingerprint density at radius 3 is 2.76 bits per heavy atom. The molecule has 2 rings (SSSR count). The van der Waals surface area contributed by atoms with Crippen LogP contribution in [0.25, 0.3) is 0 Å². The highest BCUT2D eigenvalue weighted by Gasteiger charge is 2.24. The summed E-state index contributed by atoms with van der Waals surface area (Å²) < 4.78 is 10.7. The van der Waals surface area contributed by atoms with E-state index in [0.717, 1.165) is 32.8 Å². The van der Waals surface area contributed by atoms with Crippen LogP contribution in [-0.4, -0.2) is 57.3 Å². The number of nitrogens with zero attached hydrogens (tertiary/aromatic N) is 1. The quantitative estimate of drug-likeness (QED) is 0.735. The van der Waals surface area contributed by atoms with E-state index < -0.39 is 0 Å². The molecule has 0 radical (unpaired) electrons. The molecule has 0 aliphatic carbocycles. The molecule has 1 aromatic rings. The summed E-state index contributed by atoms with van der Waals surface area (Å²) in [5.74, 6) is 0. The van der Waals surface area contributed by atoms with Crippen LogP contribution in [0.1, 0.15) is 12.5 Å². The summed E-state index contributed by atoms with van der Waals surface area (Å²) in [7, 11) is 1.71. The van der Waals surface area contributed by atoms with Gasteiger partial charge in [-0.15, -0.1) is 0 Å². The van der Waals surface area contributed by atoms with E-state index in [1.807, 2.05) is 6.92 Å². The summed E-state index contributed by atoms with van der Waals surface area (Å²) in [5.41, 5.74) is 2.44. The summed E-state index contributed by atoms with van der Waals surface area (Å²) in [6.45, 7) is 6.16. The van der Waals surface area contributed by atoms with Crippen LogP contribution in [-0.2, 0) is 16.0 Å². The van der Waals surface area contributed by atoms with Gasteiger partial charge in [-0.25, -0.2) is 0 Å². The Morgan fingerprint density at radius 2 is 2.10 bits per heavy atom. The van der Waals surface area contributed by atoms with Crippen LogP contribution < -0.4 is 10.2 Å². The van der Waals surface area contributed by atoms with Gasteiger partial charge in [-0.2, -0.15) is 0 Å². The van der Waals surface area contributed by atoms with E-state index in [4.69, 9.17) is 9.47 Å². The Morgan fingerprint density at radius 1 is 1.33 bits per heavy atom. The summed E-state index contributed by atoms with van der Waals surface area (Å²) in [5, 5.41) is 12.6. The van der Waals surface area contributed by atoms with Crippen LogP contribution in [0.3, 0.4) is 0 Å². The molecule has 0 saturated carbocycles. The Labute approximate surface area is 126 Å². The van der Waals surface area contributed by atoms with Crippen LogP contribution in [0.4, 0.5) is 5.69 Å². The van der Waals surface area contributed by atoms with Gasteiger partial charge in [0.1, 0.15) is 0 Å². The topological polar surface area (TPSA) is 54.0 Å². The normalized spacial score (nSPS) is 22.5. The van der Waals surface area contributed by atoms with Crippen molar-refractivity contribution in [2.75, 3.05) is 44.9 Å². The van der Waals surface area contributed by atoms with Gasteiger partial charge >= 0.3 is 0 Å². The summed E-state index contributed by atoms with van der Waals surface area (Å²) in [6.07, 6.45) is 0.0513. The molecule has 21 heavy (non-hydrogen) atoms. The number of anilines is 1. The van der Waals surface area contributed by atoms with Crippen molar-refractivity contribution in [3.63, 3.8) is 0 Å². The lowest BCUT2D eigenvalue weighted by atomic mass is 10.1. The number of benzene rings is 1. The van der Waals surface area contributed by atoms with Crippen molar-refractivity contribution in [2.45, 2.75) is 25.7 Å². The highest BCUT2D eigenvalue weighted by molar-refractivity contribution is 5.48. The molecule has 2 atom stereocenters. The number of hydrogen-bond donors (Lipinski definition) is 2. The van der Waals surface area contributed by atoms with Crippen molar-refractivity contribution in [1.29, 1.82) is 0 Å². The van der Waals surface area contributed by atoms with E-state index in [9.17, 15) is 5.11 Å². The minimum atomic E-state index is -0.0934. The molecule has 1 aliphatic rings. The van der Waals surface area contributed by atoms with Gasteiger partial charge < -0.3 is 24.8 Å². The lowest BCUT2D eigenvalue weighted by Crippen LogP contribution is -2.48. The van der Waals surface area contributed by atoms with E-state index in [0.29, 0.717) is 0 Å². The zero-order chi connectivity index (χ0) is 15.1. The van der Waals surface area contributed by atoms with Crippen LogP contribution >= 0.6 is 0 Å². The highest BCUT2D eigenvalue weighted by atomic mass is 16.5. The van der Waals surface area contributed by atoms with Crippen LogP contribution in [0.2, 0.25) is 0 Å². The van der Waals surface area contributed by atoms with E-state index in [1.165, 1.54) is 11.3 Å². The summed E-state index contributed by atoms with van der Waals surface area (Å²) in [4.78, 5) is 2.27. The molecule has 0 aromatic heterocycles. The number of aliphatic hydroxyl groups is 1. The summed E-state index contributed by atoms with van der Waals surface area (Å²) in [6, 6.07) is 8.56. The van der Waals surface area contributed by atoms with Crippen LogP contribution in [0.15, 0.2) is 24.3 Å². The molecule has 0 spiro atoms. The fourth-order valence-electron chi connectivity index (χ4n) is 2.59. The third kappa shape index (κ3) is 4.97. The second-order valence-electron chi connectivity index (χ2n) is 5.49. The fourth-order valence-corrected chi connectivity index (χ4v) is 2.59. The maximum absolute atomic E-state index is 9.29. The van der Waals surface area contributed by atoms with Gasteiger partial charge in [0.25, 0.3) is 0 Å². The molecule has 1 heterocycles. The van der Waals surface area contributed by atoms with E-state index in [1.54, 1.807) is 7.11 Å². The highest BCUT2D eigenvalue weighted by Crippen LogP contribution is 2.20. The first-order valence-corrected chi connectivity index (χ1v) is 7.52. The predicted molar refractivity (Wildman–Crippen MR) is 83.7 cm³/mol. The van der Waals surface area contributed by atoms with Gasteiger partial charge in [0.2, 0.25) is 0 Å². The third-order valence-corrected chi connectivity index (χ3v) is 3.64. The lowest BCUT2D eigenvalue weighted by molar-refractivity contribution is -0.0421. The second-order valence-corrected chi connectivity index (χ2v) is 5.49. The molecule has 0 amide bonds. The Bertz CT molecular complexity index is 410. The number of rotatable bonds is 7. The maximum Gasteiger partial charge on any atom is 0.0984 e. The van der Waals surface area contributed by atoms with E-state index in [2.05, 4.69) is 34.5 Å². The fraction of sp³-hybridized carbons (Fsp3) is 0.625. The van der Waals surface area contributed by atoms with Gasteiger partial charge in [0.05, 0.1) is 25.4 Å². The molecule has 1 aliphatic heterocycles. The molecule has 2 N–H and O–H groups in total. The largest absolute Gasteiger partial charge is 0.394 e. The number of aliphatic hydroxyl groups excluding tert-OH is 1. The Balaban J connectivity index is 1.89. The van der Waals surface area contributed by atoms with Gasteiger partial charge in [-0.05, 0) is 24.6 Å². The van der Waals surface area contributed by atoms with Gasteiger partial charge in [0, 0.05) is 39.0 Å². The molecule has 1 saturated heterocycles. The molecule has 1 aromatic carbocycles. The molecular formula is C16H26N2O3. The summed E-state index contributed by atoms with van der Waals surface area (Å²) >= 11 is 0. The average molecular weight is 294 g/mol. The zero-order valence-electron chi connectivity index (χ0n) is 12.9. The molecular weight excluding hydrogens is 268 g/mol. The van der Waals surface area contributed by atoms with Crippen molar-refractivity contribution in [3.05, 3.63) is 29.8 Å². The molecule has 2 unspecified atom stereocenters. The standard InChI is InChI=1S/C16H26N2O3/c1-13-10-18(11-16(12-19)21-13)15-5-3-14(4-6-15)9-17-7-8-20-2/h3-6,13,16-17,19H,7-12H2,1-2H3. The Hall–Kier alpha value is -1.14. The van der Waals surface area contributed by atoms with Crippen LogP contribution in [0.5, 0.6) is 0 Å². The number of methoxy groups -OCH3 is 1. The molecule has 5 nitrogen and oxygen atoms in total. The lowest BCUT2D eigenvalue weighted by Gasteiger charge is -2.37. The minimum Gasteiger partial charge on any atom is -0.394 e. The number of ether oxygens (including phenoxy) is 2. The minimum absolute atomic E-state index is 0.0718. The Kier molecular flexibility index (Phi) is 6.45. The first kappa shape index (κ1) is 16.2. The van der Waals surface area contributed by atoms with E-state index in [-0.39, 0.29) is 18.8 Å². The van der Waals surface area contributed by atoms with Crippen molar-refractivity contribution in [3.8, 4) is 0 Å². The monoisotopic (exact) mass is 294 g/mol. The molecule has 5 heteroatoms. The third-order valence-electron chi connectivity index (χ3n) is 3.64. The van der Waals surface area contributed by atoms with Crippen molar-refractivity contribution >= 4 is 5.69 Å². The van der Waals surface area contributed by atoms with Crippen LogP contribution in [0, 0.1) is 0 Å². The van der Waals surface area contributed by atoms with Crippen molar-refractivity contribution in [2.24, 2.45) is 0 Å². The number of hydrogen-bond acceptors (Lipinski definition) is 5. The van der Waals surface area contributed by atoms with Gasteiger partial charge in [0.15, 0.2) is 0 Å².